The summed E-state index contributed by atoms with van der Waals surface area (Å²) in [5.41, 5.74) is 15.7. The van der Waals surface area contributed by atoms with Crippen molar-refractivity contribution < 1.29 is 132 Å². The molecule has 0 saturated heterocycles. The van der Waals surface area contributed by atoms with Crippen LogP contribution in [0, 0.1) is 159 Å². The molecule has 33 nitrogen and oxygen atoms in total. The number of alkyl carbamates (subject to hydrolysis) is 3. The Kier molecular flexibility index (Phi) is 46.4. The van der Waals surface area contributed by atoms with Crippen LogP contribution in [0.3, 0.4) is 0 Å². The monoisotopic (exact) mass is 2080 g/mol. The van der Waals surface area contributed by atoms with Crippen LogP contribution in [0.15, 0.2) is 34.9 Å². The fourth-order valence-electron chi connectivity index (χ4n) is 28.7. The van der Waals surface area contributed by atoms with Crippen LogP contribution in [-0.4, -0.2) is 119 Å². The van der Waals surface area contributed by atoms with Crippen LogP contribution in [0.25, 0.3) is 12.3 Å². The second kappa shape index (κ2) is 52.8. The van der Waals surface area contributed by atoms with Gasteiger partial charge in [-0.3, -0.25) is 35.4 Å². The molecule has 0 aromatic rings. The van der Waals surface area contributed by atoms with Crippen molar-refractivity contribution in [3.63, 3.8) is 0 Å². The maximum atomic E-state index is 12.4. The van der Waals surface area contributed by atoms with E-state index >= 15 is 0 Å². The number of rotatable bonds is 37. The maximum Gasteiger partial charge on any atom is 2.00 e. The Bertz CT molecular complexity index is 3650. The zero-order valence-corrected chi connectivity index (χ0v) is 86.5. The van der Waals surface area contributed by atoms with Gasteiger partial charge in [0.2, 0.25) is 17.7 Å². The van der Waals surface area contributed by atoms with Gasteiger partial charge < -0.3 is 78.5 Å². The number of carboxylic acids is 3. The van der Waals surface area contributed by atoms with E-state index < -0.39 is 70.1 Å². The van der Waals surface area contributed by atoms with Gasteiger partial charge in [0.15, 0.2) is 0 Å². The van der Waals surface area contributed by atoms with Gasteiger partial charge in [-0.15, -0.1) is 20.2 Å². The molecule has 135 heavy (non-hydrogen) atoms. The Morgan fingerprint density at radius 1 is 0.407 bits per heavy atom. The van der Waals surface area contributed by atoms with Gasteiger partial charge >= 0.3 is 76.2 Å². The van der Waals surface area contributed by atoms with Crippen molar-refractivity contribution in [2.45, 2.75) is 379 Å². The molecule has 0 spiro atoms. The molecule has 12 aliphatic rings. The van der Waals surface area contributed by atoms with E-state index in [1.54, 1.807) is 0 Å². The van der Waals surface area contributed by atoms with E-state index in [1.807, 2.05) is 0 Å². The molecule has 16 N–H and O–H groups in total. The van der Waals surface area contributed by atoms with E-state index in [2.05, 4.69) is 175 Å². The summed E-state index contributed by atoms with van der Waals surface area (Å²) in [5, 5.41) is 59.2. The first-order valence-electron chi connectivity index (χ1n) is 50.2. The minimum Gasteiger partial charge on any atom is -0.693 e. The molecule has 0 aromatic carbocycles. The summed E-state index contributed by atoms with van der Waals surface area (Å²) in [6.45, 7) is 36.8. The van der Waals surface area contributed by atoms with Gasteiger partial charge in [-0.1, -0.05) is 197 Å². The number of hydrogen-bond acceptors (Lipinski definition) is 21. The number of fused-ring (bicyclic) bond motifs is 15. The molecule has 24 atom stereocenters. The predicted molar refractivity (Wildman–Crippen MR) is 504 cm³/mol. The van der Waals surface area contributed by atoms with Crippen LogP contribution in [0.5, 0.6) is 0 Å². The Morgan fingerprint density at radius 3 is 0.919 bits per heavy atom. The van der Waals surface area contributed by atoms with Gasteiger partial charge in [0.1, 0.15) is 18.3 Å². The van der Waals surface area contributed by atoms with Crippen LogP contribution >= 0.6 is 0 Å². The van der Waals surface area contributed by atoms with E-state index in [9.17, 15) is 68.5 Å². The van der Waals surface area contributed by atoms with E-state index in [4.69, 9.17) is 24.4 Å². The third kappa shape index (κ3) is 31.4. The van der Waals surface area contributed by atoms with Crippen LogP contribution in [0.2, 0.25) is 0 Å². The summed E-state index contributed by atoms with van der Waals surface area (Å²) in [5.74, 6) is 9.96. The van der Waals surface area contributed by atoms with Crippen molar-refractivity contribution in [3.8, 4) is 0 Å². The van der Waals surface area contributed by atoms with E-state index in [1.165, 1.54) is 171 Å². The molecule has 0 radical (unpaired) electrons. The summed E-state index contributed by atoms with van der Waals surface area (Å²) in [4.78, 5) is 129. The first-order chi connectivity index (χ1) is 61.6. The average Bonchev–Trinajstić information content (AvgIpc) is 1.71. The largest absolute Gasteiger partial charge is 2.00 e. The standard InChI is InChI=1S/3C33H54N2O5.CH4N4O6.Li.2H2N.Pt/c3*1-21(2)7-6-8-22(3)26-11-12-27-25-10-9-23-19-24(15-17-32(23,4)28(25)16-18-33(26,27)5)40-31(39)35-20-34-29(36)13-14-30(37)38;2-1(3,10-4(6)7)11-5(8)9;;;;/h3*9,21-22,24-28H,6-8,10-20H2,1-5H3,(H,34,36)(H,35,39)(H,37,38);2-3H2;;2*1H2;/q;;;;+1;2*-1;+2/p-1/t3*22-,24+,25?,26-,27?,28?,32+,33-;;;;;/m100...../s1. The number of hydrogen-bond donors (Lipinski definition) is 10. The number of carboxylic acid groups (broad SMARTS) is 3. The van der Waals surface area contributed by atoms with E-state index in [-0.39, 0.29) is 145 Å². The van der Waals surface area contributed by atoms with Crippen LogP contribution in [0.1, 0.15) is 354 Å². The van der Waals surface area contributed by atoms with Crippen LogP contribution < -0.4 is 67.3 Å². The van der Waals surface area contributed by atoms with E-state index in [0.717, 1.165) is 164 Å². The second-order valence-corrected chi connectivity index (χ2v) is 44.6. The minimum absolute atomic E-state index is 0. The van der Waals surface area contributed by atoms with Gasteiger partial charge in [0.05, 0.1) is 32.8 Å². The van der Waals surface area contributed by atoms with Gasteiger partial charge in [-0.05, 0) is 280 Å². The van der Waals surface area contributed by atoms with Gasteiger partial charge in [-0.25, -0.2) is 24.1 Å². The normalized spacial score (nSPS) is 32.4. The third-order valence-electron chi connectivity index (χ3n) is 35.3. The van der Waals surface area contributed by atoms with Gasteiger partial charge in [-0.2, -0.15) is 0 Å². The zero-order valence-electron chi connectivity index (χ0n) is 84.2. The topological polar surface area (TPSA) is 541 Å². The Hall–Kier alpha value is -6.62. The molecule has 12 aliphatic carbocycles. The first kappa shape index (κ1) is 119. The Labute approximate surface area is 829 Å². The number of nitrogens with two attached hydrogens (primary N) is 4. The maximum absolute atomic E-state index is 12.4. The number of aliphatic carboxylic acids is 3. The molecule has 0 heterocycles. The quantitative estimate of drug-likeness (QED) is 0.00689. The van der Waals surface area contributed by atoms with Crippen LogP contribution in [-0.2, 0) is 73.7 Å². The number of allylic oxidation sites excluding steroid dienone is 3. The number of carbonyl (C=O) groups excluding carboxylic acids is 7. The van der Waals surface area contributed by atoms with Crippen molar-refractivity contribution in [1.29, 1.82) is 0 Å². The molecule has 0 bridgehead atoms. The number of carbonyl (C=O) groups is 9. The van der Waals surface area contributed by atoms with Crippen molar-refractivity contribution in [1.82, 2.24) is 31.9 Å². The molecule has 35 heteroatoms. The Morgan fingerprint density at radius 2 is 0.674 bits per heavy atom. The smallest absolute Gasteiger partial charge is 0.693 e. The summed E-state index contributed by atoms with van der Waals surface area (Å²) >= 11 is 0. The van der Waals surface area contributed by atoms with Crippen molar-refractivity contribution in [2.24, 2.45) is 150 Å². The SMILES string of the molecule is CC(C)CCC[C@@H](C)[C@H]1CCC2C3CC=C4C[C@@H](OC(=O)NCNC(=O)CCC(=O)O)CC[C@]4(C)C3CC[C@@]21C.CC(C)CCC[C@H](C)[C@@H]1CCC2C3CC=C4C[C@H](OC(=O)NCNC(=O)CCC(=O)O)CC[C@@]4(C)C3CC[C@]21C.CC(C)CCC[C@H](C)[C@@H]1CCC2C3CC=C4C[C@H](OC(=O)NCNC(=O)CCC(=O)[O-])CC[C@@]4(C)C3CC[C@]21C.NC(N)(O[N+](=O)[O-])O[N+](=O)[O-].[Li+].[NH2-].[NH2-].[Pt+2]. The number of amides is 6. The number of nitrogens with one attached hydrogen (secondary N) is 6. The minimum atomic E-state index is -2.85. The molecule has 6 amide bonds. The van der Waals surface area contributed by atoms with E-state index in [0.29, 0.717) is 16.2 Å². The zero-order chi connectivity index (χ0) is 96.3. The molecule has 0 aromatic heterocycles. The third-order valence-corrected chi connectivity index (χ3v) is 35.3. The molecule has 9 unspecified atom stereocenters. The molecule has 12 rings (SSSR count). The number of nitrogens with zero attached hydrogens (tertiary/aromatic N) is 2. The van der Waals surface area contributed by atoms with Crippen molar-refractivity contribution in [2.75, 3.05) is 20.0 Å². The van der Waals surface area contributed by atoms with Crippen molar-refractivity contribution >= 4 is 53.9 Å². The number of ether oxygens (including phenoxy) is 3. The van der Waals surface area contributed by atoms with Gasteiger partial charge in [0, 0.05) is 44.5 Å². The summed E-state index contributed by atoms with van der Waals surface area (Å²) in [6.07, 6.45) is 44.8. The summed E-state index contributed by atoms with van der Waals surface area (Å²) in [7, 11) is 0. The van der Waals surface area contributed by atoms with Crippen molar-refractivity contribution in [3.05, 3.63) is 67.5 Å². The Balaban J connectivity index is 0.000000333. The fraction of sp³-hybridized carbons (Fsp3) is 0.850. The molecule has 9 fully saturated rings. The molecular weight excluding hydrogens is 1910 g/mol. The van der Waals surface area contributed by atoms with Gasteiger partial charge in [0.25, 0.3) is 10.2 Å². The predicted octanol–water partition coefficient (Wildman–Crippen LogP) is 16.2. The molecule has 9 saturated carbocycles. The van der Waals surface area contributed by atoms with Crippen LogP contribution in [0.4, 0.5) is 14.4 Å². The summed E-state index contributed by atoms with van der Waals surface area (Å²) < 4.78 is 17.2. The average molecular weight is 2080 g/mol. The molecular formula is C100H169LiN12O21Pt. The fourth-order valence-corrected chi connectivity index (χ4v) is 28.7. The summed E-state index contributed by atoms with van der Waals surface area (Å²) in [6, 6.07) is -2.85. The molecule has 766 valence electrons. The second-order valence-electron chi connectivity index (χ2n) is 44.6. The first-order valence-corrected chi connectivity index (χ1v) is 50.2. The molecule has 0 aliphatic heterocycles.